The zero-order valence-corrected chi connectivity index (χ0v) is 14.1. The minimum Gasteiger partial charge on any atom is -0.491 e. The van der Waals surface area contributed by atoms with Gasteiger partial charge in [0, 0.05) is 37.6 Å². The van der Waals surface area contributed by atoms with Gasteiger partial charge in [0.05, 0.1) is 7.11 Å². The van der Waals surface area contributed by atoms with Crippen LogP contribution in [0, 0.1) is 6.92 Å². The van der Waals surface area contributed by atoms with E-state index >= 15 is 0 Å². The predicted octanol–water partition coefficient (Wildman–Crippen LogP) is 1.81. The Morgan fingerprint density at radius 3 is 2.79 bits per heavy atom. The maximum absolute atomic E-state index is 10.7. The smallest absolute Gasteiger partial charge is 0.316 e. The van der Waals surface area contributed by atoms with E-state index in [-0.39, 0.29) is 0 Å². The second kappa shape index (κ2) is 7.15. The van der Waals surface area contributed by atoms with Gasteiger partial charge in [-0.3, -0.25) is 4.90 Å². The maximum atomic E-state index is 10.7. The van der Waals surface area contributed by atoms with Crippen molar-refractivity contribution in [1.82, 2.24) is 14.9 Å². The lowest BCUT2D eigenvalue weighted by atomic mass is 10.1. The van der Waals surface area contributed by atoms with Gasteiger partial charge < -0.3 is 14.6 Å². The fraction of sp³-hybridized carbons (Fsp3) is 0.444. The normalized spacial score (nSPS) is 21.0. The summed E-state index contributed by atoms with van der Waals surface area (Å²) < 4.78 is 10.7. The highest BCUT2D eigenvalue weighted by Gasteiger charge is 2.36. The molecule has 0 saturated carbocycles. The Hall–Kier alpha value is -2.18. The van der Waals surface area contributed by atoms with Crippen molar-refractivity contribution >= 4 is 0 Å². The third kappa shape index (κ3) is 4.21. The first-order valence-corrected chi connectivity index (χ1v) is 8.05. The van der Waals surface area contributed by atoms with Crippen molar-refractivity contribution in [3.63, 3.8) is 0 Å². The van der Waals surface area contributed by atoms with Crippen LogP contribution in [-0.2, 0) is 6.54 Å². The molecule has 128 valence electrons. The maximum Gasteiger partial charge on any atom is 0.316 e. The Morgan fingerprint density at radius 2 is 2.08 bits per heavy atom. The second-order valence-corrected chi connectivity index (χ2v) is 6.37. The number of aryl methyl sites for hydroxylation is 1. The van der Waals surface area contributed by atoms with Gasteiger partial charge in [-0.2, -0.15) is 0 Å². The Labute approximate surface area is 142 Å². The highest BCUT2D eigenvalue weighted by Crippen LogP contribution is 2.24. The van der Waals surface area contributed by atoms with Crippen molar-refractivity contribution in [2.24, 2.45) is 0 Å². The predicted molar refractivity (Wildman–Crippen MR) is 90.1 cm³/mol. The minimum atomic E-state index is -0.822. The van der Waals surface area contributed by atoms with E-state index in [0.29, 0.717) is 32.1 Å². The first kappa shape index (κ1) is 16.7. The fourth-order valence-corrected chi connectivity index (χ4v) is 2.90. The summed E-state index contributed by atoms with van der Waals surface area (Å²) in [5.74, 6) is 0.797. The summed E-state index contributed by atoms with van der Waals surface area (Å²) in [6.45, 7) is 4.42. The van der Waals surface area contributed by atoms with Crippen LogP contribution in [0.3, 0.4) is 0 Å². The van der Waals surface area contributed by atoms with Crippen LogP contribution >= 0.6 is 0 Å². The molecular weight excluding hydrogens is 306 g/mol. The van der Waals surface area contributed by atoms with Crippen LogP contribution in [0.1, 0.15) is 17.5 Å². The lowest BCUT2D eigenvalue weighted by Gasteiger charge is -2.23. The number of aromatic nitrogens is 2. The first-order valence-electron chi connectivity index (χ1n) is 8.05. The summed E-state index contributed by atoms with van der Waals surface area (Å²) in [5.41, 5.74) is 1.32. The number of β-amino-alcohol motifs (C(OH)–C–C–N with tert-alkyl or cyclic N) is 1. The molecule has 3 rings (SSSR count). The summed E-state index contributed by atoms with van der Waals surface area (Å²) in [5, 5.41) is 10.7. The molecule has 1 saturated heterocycles. The lowest BCUT2D eigenvalue weighted by Crippen LogP contribution is -2.39. The van der Waals surface area contributed by atoms with Gasteiger partial charge in [0.15, 0.2) is 0 Å². The van der Waals surface area contributed by atoms with Gasteiger partial charge in [-0.25, -0.2) is 9.97 Å². The summed E-state index contributed by atoms with van der Waals surface area (Å²) in [6, 6.07) is 8.24. The molecule has 1 aromatic carbocycles. The van der Waals surface area contributed by atoms with Crippen LogP contribution in [0.4, 0.5) is 0 Å². The molecule has 0 unspecified atom stereocenters. The van der Waals surface area contributed by atoms with E-state index in [1.54, 1.807) is 19.5 Å². The Kier molecular flexibility index (Phi) is 4.97. The van der Waals surface area contributed by atoms with Gasteiger partial charge >= 0.3 is 6.01 Å². The molecule has 24 heavy (non-hydrogen) atoms. The first-order chi connectivity index (χ1) is 11.6. The number of rotatable bonds is 6. The van der Waals surface area contributed by atoms with Crippen molar-refractivity contribution in [3.05, 3.63) is 47.8 Å². The number of benzene rings is 1. The molecule has 0 bridgehead atoms. The molecule has 1 fully saturated rings. The highest BCUT2D eigenvalue weighted by molar-refractivity contribution is 5.27. The third-order valence-electron chi connectivity index (χ3n) is 4.18. The molecular formula is C18H23N3O3. The monoisotopic (exact) mass is 329 g/mol. The van der Waals surface area contributed by atoms with Crippen LogP contribution < -0.4 is 9.47 Å². The average Bonchev–Trinajstić information content (AvgIpc) is 2.95. The van der Waals surface area contributed by atoms with Crippen LogP contribution in [0.2, 0.25) is 0 Å². The molecule has 1 aliphatic rings. The molecule has 0 spiro atoms. The molecule has 1 aromatic heterocycles. The summed E-state index contributed by atoms with van der Waals surface area (Å²) in [7, 11) is 1.55. The fourth-order valence-electron chi connectivity index (χ4n) is 2.90. The molecule has 2 heterocycles. The molecule has 6 heteroatoms. The van der Waals surface area contributed by atoms with E-state index in [9.17, 15) is 5.11 Å². The van der Waals surface area contributed by atoms with E-state index in [1.807, 2.05) is 31.2 Å². The Bertz CT molecular complexity index is 677. The second-order valence-electron chi connectivity index (χ2n) is 6.37. The van der Waals surface area contributed by atoms with Crippen LogP contribution in [0.25, 0.3) is 0 Å². The van der Waals surface area contributed by atoms with Crippen LogP contribution in [-0.4, -0.2) is 52.4 Å². The largest absolute Gasteiger partial charge is 0.491 e. The van der Waals surface area contributed by atoms with Crippen molar-refractivity contribution < 1.29 is 14.6 Å². The van der Waals surface area contributed by atoms with E-state index in [4.69, 9.17) is 9.47 Å². The van der Waals surface area contributed by atoms with Gasteiger partial charge in [0.2, 0.25) is 0 Å². The Morgan fingerprint density at radius 1 is 1.29 bits per heavy atom. The van der Waals surface area contributed by atoms with Crippen molar-refractivity contribution in [1.29, 1.82) is 0 Å². The van der Waals surface area contributed by atoms with Crippen LogP contribution in [0.15, 0.2) is 36.7 Å². The number of aliphatic hydroxyl groups is 1. The summed E-state index contributed by atoms with van der Waals surface area (Å²) in [4.78, 5) is 10.4. The number of hydrogen-bond donors (Lipinski definition) is 1. The number of nitrogens with zero attached hydrogens (tertiary/aromatic N) is 3. The molecule has 2 aromatic rings. The zero-order chi connectivity index (χ0) is 17.0. The number of methoxy groups -OCH3 is 1. The van der Waals surface area contributed by atoms with Gasteiger partial charge in [-0.05, 0) is 31.0 Å². The van der Waals surface area contributed by atoms with Crippen molar-refractivity contribution in [2.75, 3.05) is 26.8 Å². The zero-order valence-electron chi connectivity index (χ0n) is 14.1. The SMILES string of the molecule is COc1ncc(CN2CC[C@@](O)(COc3cccc(C)c3)C2)cn1. The molecule has 1 aliphatic heterocycles. The third-order valence-corrected chi connectivity index (χ3v) is 4.18. The number of hydrogen-bond acceptors (Lipinski definition) is 6. The summed E-state index contributed by atoms with van der Waals surface area (Å²) in [6.07, 6.45) is 4.20. The number of likely N-dealkylation sites (tertiary alicyclic amines) is 1. The van der Waals surface area contributed by atoms with Gasteiger partial charge in [0.25, 0.3) is 0 Å². The van der Waals surface area contributed by atoms with E-state index in [0.717, 1.165) is 23.4 Å². The molecule has 0 amide bonds. The van der Waals surface area contributed by atoms with Gasteiger partial charge in [-0.15, -0.1) is 0 Å². The standard InChI is InChI=1S/C18H23N3O3/c1-14-4-3-5-16(8-14)24-13-18(22)6-7-21(12-18)11-15-9-19-17(23-2)20-10-15/h3-5,8-10,22H,6-7,11-13H2,1-2H3/t18-/m0/s1. The highest BCUT2D eigenvalue weighted by atomic mass is 16.5. The van der Waals surface area contributed by atoms with Crippen LogP contribution in [0.5, 0.6) is 11.8 Å². The van der Waals surface area contributed by atoms with E-state index < -0.39 is 5.60 Å². The van der Waals surface area contributed by atoms with Crippen molar-refractivity contribution in [3.8, 4) is 11.8 Å². The number of ether oxygens (including phenoxy) is 2. The summed E-state index contributed by atoms with van der Waals surface area (Å²) >= 11 is 0. The molecule has 0 radical (unpaired) electrons. The molecule has 0 aliphatic carbocycles. The van der Waals surface area contributed by atoms with Gasteiger partial charge in [-0.1, -0.05) is 12.1 Å². The molecule has 1 atom stereocenters. The van der Waals surface area contributed by atoms with E-state index in [2.05, 4.69) is 14.9 Å². The lowest BCUT2D eigenvalue weighted by molar-refractivity contribution is 0.00335. The minimum absolute atomic E-state index is 0.298. The van der Waals surface area contributed by atoms with E-state index in [1.165, 1.54) is 0 Å². The molecule has 6 nitrogen and oxygen atoms in total. The van der Waals surface area contributed by atoms with Crippen molar-refractivity contribution in [2.45, 2.75) is 25.5 Å². The topological polar surface area (TPSA) is 67.7 Å². The quantitative estimate of drug-likeness (QED) is 0.872. The van der Waals surface area contributed by atoms with Gasteiger partial charge in [0.1, 0.15) is 18.0 Å². The Balaban J connectivity index is 1.53. The average molecular weight is 329 g/mol. The molecule has 1 N–H and O–H groups in total.